The molecule has 2 rings (SSSR count). The first-order valence-corrected chi connectivity index (χ1v) is 7.13. The highest BCUT2D eigenvalue weighted by Gasteiger charge is 2.23. The maximum atomic E-state index is 12.1. The number of amides is 2. The molecule has 1 aromatic carbocycles. The molecule has 2 N–H and O–H groups in total. The van der Waals surface area contributed by atoms with E-state index in [4.69, 9.17) is 9.84 Å². The number of ether oxygens (including phenoxy) is 1. The van der Waals surface area contributed by atoms with Gasteiger partial charge in [-0.1, -0.05) is 18.2 Å². The first-order chi connectivity index (χ1) is 9.79. The SMILES string of the molecule is O=C(Nc1ccccc1)N1CCC(OCCCO)CC1. The number of urea groups is 1. The van der Waals surface area contributed by atoms with Crippen molar-refractivity contribution in [1.82, 2.24) is 4.90 Å². The predicted molar refractivity (Wildman–Crippen MR) is 77.7 cm³/mol. The molecular weight excluding hydrogens is 256 g/mol. The Labute approximate surface area is 119 Å². The van der Waals surface area contributed by atoms with Crippen LogP contribution in [0.25, 0.3) is 0 Å². The topological polar surface area (TPSA) is 61.8 Å². The zero-order valence-corrected chi connectivity index (χ0v) is 11.6. The van der Waals surface area contributed by atoms with E-state index in [0.29, 0.717) is 26.1 Å². The number of anilines is 1. The van der Waals surface area contributed by atoms with Crippen molar-refractivity contribution in [2.24, 2.45) is 0 Å². The molecule has 1 aromatic rings. The van der Waals surface area contributed by atoms with Crippen molar-refractivity contribution in [3.8, 4) is 0 Å². The number of rotatable bonds is 5. The Bertz CT molecular complexity index is 403. The van der Waals surface area contributed by atoms with E-state index >= 15 is 0 Å². The zero-order chi connectivity index (χ0) is 14.2. The van der Waals surface area contributed by atoms with E-state index in [1.807, 2.05) is 35.2 Å². The Morgan fingerprint density at radius 1 is 1.30 bits per heavy atom. The van der Waals surface area contributed by atoms with Gasteiger partial charge in [0.25, 0.3) is 0 Å². The average molecular weight is 278 g/mol. The average Bonchev–Trinajstić information content (AvgIpc) is 2.49. The largest absolute Gasteiger partial charge is 0.396 e. The molecule has 0 spiro atoms. The van der Waals surface area contributed by atoms with Crippen molar-refractivity contribution in [3.05, 3.63) is 30.3 Å². The molecule has 5 heteroatoms. The number of piperidine rings is 1. The molecule has 0 bridgehead atoms. The number of aliphatic hydroxyl groups excluding tert-OH is 1. The summed E-state index contributed by atoms with van der Waals surface area (Å²) in [5.41, 5.74) is 0.818. The number of para-hydroxylation sites is 1. The number of likely N-dealkylation sites (tertiary alicyclic amines) is 1. The molecule has 0 aliphatic carbocycles. The Morgan fingerprint density at radius 3 is 2.65 bits per heavy atom. The molecule has 1 saturated heterocycles. The molecule has 110 valence electrons. The number of carbonyl (C=O) groups excluding carboxylic acids is 1. The summed E-state index contributed by atoms with van der Waals surface area (Å²) in [6, 6.07) is 9.43. The van der Waals surface area contributed by atoms with Crippen LogP contribution >= 0.6 is 0 Å². The van der Waals surface area contributed by atoms with Gasteiger partial charge in [0, 0.05) is 32.0 Å². The molecule has 0 unspecified atom stereocenters. The number of benzene rings is 1. The fourth-order valence-electron chi connectivity index (χ4n) is 2.26. The lowest BCUT2D eigenvalue weighted by molar-refractivity contribution is 0.0101. The standard InChI is InChI=1S/C15H22N2O3/c18-11-4-12-20-14-7-9-17(10-8-14)15(19)16-13-5-2-1-3-6-13/h1-3,5-6,14,18H,4,7-12H2,(H,16,19). The molecule has 20 heavy (non-hydrogen) atoms. The Hall–Kier alpha value is -1.59. The lowest BCUT2D eigenvalue weighted by Crippen LogP contribution is -2.43. The summed E-state index contributed by atoms with van der Waals surface area (Å²) < 4.78 is 5.65. The number of nitrogens with zero attached hydrogens (tertiary/aromatic N) is 1. The molecular formula is C15H22N2O3. The molecule has 1 heterocycles. The summed E-state index contributed by atoms with van der Waals surface area (Å²) in [6.45, 7) is 2.18. The Kier molecular flexibility index (Phi) is 5.83. The van der Waals surface area contributed by atoms with Crippen LogP contribution in [-0.4, -0.2) is 48.4 Å². The number of aliphatic hydroxyl groups is 1. The number of hydrogen-bond donors (Lipinski definition) is 2. The van der Waals surface area contributed by atoms with E-state index in [1.54, 1.807) is 0 Å². The van der Waals surface area contributed by atoms with Crippen molar-refractivity contribution in [3.63, 3.8) is 0 Å². The van der Waals surface area contributed by atoms with Gasteiger partial charge in [0.05, 0.1) is 6.10 Å². The minimum Gasteiger partial charge on any atom is -0.396 e. The summed E-state index contributed by atoms with van der Waals surface area (Å²) in [6.07, 6.45) is 2.60. The normalized spacial score (nSPS) is 16.1. The lowest BCUT2D eigenvalue weighted by Gasteiger charge is -2.32. The predicted octanol–water partition coefficient (Wildman–Crippen LogP) is 2.08. The van der Waals surface area contributed by atoms with Crippen LogP contribution in [0.3, 0.4) is 0 Å². The van der Waals surface area contributed by atoms with Crippen LogP contribution in [0.5, 0.6) is 0 Å². The van der Waals surface area contributed by atoms with Gasteiger partial charge in [-0.05, 0) is 31.4 Å². The molecule has 0 radical (unpaired) electrons. The lowest BCUT2D eigenvalue weighted by atomic mass is 10.1. The molecule has 1 aliphatic rings. The maximum Gasteiger partial charge on any atom is 0.321 e. The van der Waals surface area contributed by atoms with Crippen LogP contribution in [0.4, 0.5) is 10.5 Å². The summed E-state index contributed by atoms with van der Waals surface area (Å²) in [5.74, 6) is 0. The van der Waals surface area contributed by atoms with Gasteiger partial charge in [0.15, 0.2) is 0 Å². The van der Waals surface area contributed by atoms with E-state index in [9.17, 15) is 4.79 Å². The van der Waals surface area contributed by atoms with E-state index in [1.165, 1.54) is 0 Å². The molecule has 1 aliphatic heterocycles. The van der Waals surface area contributed by atoms with Crippen molar-refractivity contribution in [2.45, 2.75) is 25.4 Å². The van der Waals surface area contributed by atoms with Crippen LogP contribution in [0.1, 0.15) is 19.3 Å². The minimum absolute atomic E-state index is 0.0509. The second-order valence-electron chi connectivity index (χ2n) is 4.93. The highest BCUT2D eigenvalue weighted by atomic mass is 16.5. The second-order valence-corrected chi connectivity index (χ2v) is 4.93. The third-order valence-corrected chi connectivity index (χ3v) is 3.41. The quantitative estimate of drug-likeness (QED) is 0.811. The van der Waals surface area contributed by atoms with Crippen molar-refractivity contribution >= 4 is 11.7 Å². The van der Waals surface area contributed by atoms with Crippen LogP contribution in [-0.2, 0) is 4.74 Å². The first kappa shape index (κ1) is 14.8. The monoisotopic (exact) mass is 278 g/mol. The van der Waals surface area contributed by atoms with E-state index in [-0.39, 0.29) is 18.7 Å². The Balaban J connectivity index is 1.72. The minimum atomic E-state index is -0.0509. The molecule has 0 atom stereocenters. The fourth-order valence-corrected chi connectivity index (χ4v) is 2.26. The van der Waals surface area contributed by atoms with Crippen LogP contribution in [0.2, 0.25) is 0 Å². The van der Waals surface area contributed by atoms with Crippen LogP contribution in [0.15, 0.2) is 30.3 Å². The maximum absolute atomic E-state index is 12.1. The number of carbonyl (C=O) groups is 1. The summed E-state index contributed by atoms with van der Waals surface area (Å²) in [7, 11) is 0. The Morgan fingerprint density at radius 2 is 2.00 bits per heavy atom. The highest BCUT2D eigenvalue weighted by molar-refractivity contribution is 5.89. The highest BCUT2D eigenvalue weighted by Crippen LogP contribution is 2.15. The summed E-state index contributed by atoms with van der Waals surface area (Å²) in [5, 5.41) is 11.6. The second kappa shape index (κ2) is 7.87. The number of nitrogens with one attached hydrogen (secondary N) is 1. The van der Waals surface area contributed by atoms with E-state index < -0.39 is 0 Å². The van der Waals surface area contributed by atoms with E-state index in [0.717, 1.165) is 18.5 Å². The van der Waals surface area contributed by atoms with Gasteiger partial charge in [-0.15, -0.1) is 0 Å². The van der Waals surface area contributed by atoms with Gasteiger partial charge in [0.2, 0.25) is 0 Å². The van der Waals surface area contributed by atoms with Crippen molar-refractivity contribution < 1.29 is 14.6 Å². The van der Waals surface area contributed by atoms with Gasteiger partial charge in [0.1, 0.15) is 0 Å². The van der Waals surface area contributed by atoms with Crippen molar-refractivity contribution in [2.75, 3.05) is 31.6 Å². The van der Waals surface area contributed by atoms with Crippen LogP contribution < -0.4 is 5.32 Å². The molecule has 0 saturated carbocycles. The third kappa shape index (κ3) is 4.51. The van der Waals surface area contributed by atoms with Gasteiger partial charge >= 0.3 is 6.03 Å². The van der Waals surface area contributed by atoms with Gasteiger partial charge in [-0.3, -0.25) is 0 Å². The summed E-state index contributed by atoms with van der Waals surface area (Å²) >= 11 is 0. The first-order valence-electron chi connectivity index (χ1n) is 7.13. The van der Waals surface area contributed by atoms with Crippen molar-refractivity contribution in [1.29, 1.82) is 0 Å². The third-order valence-electron chi connectivity index (χ3n) is 3.41. The molecule has 2 amide bonds. The van der Waals surface area contributed by atoms with Gasteiger partial charge in [-0.2, -0.15) is 0 Å². The fraction of sp³-hybridized carbons (Fsp3) is 0.533. The zero-order valence-electron chi connectivity index (χ0n) is 11.6. The number of hydrogen-bond acceptors (Lipinski definition) is 3. The molecule has 5 nitrogen and oxygen atoms in total. The summed E-state index contributed by atoms with van der Waals surface area (Å²) in [4.78, 5) is 13.9. The van der Waals surface area contributed by atoms with Crippen LogP contribution in [0, 0.1) is 0 Å². The smallest absolute Gasteiger partial charge is 0.321 e. The van der Waals surface area contributed by atoms with Gasteiger partial charge in [-0.25, -0.2) is 4.79 Å². The van der Waals surface area contributed by atoms with E-state index in [2.05, 4.69) is 5.32 Å². The molecule has 1 fully saturated rings. The molecule has 0 aromatic heterocycles. The van der Waals surface area contributed by atoms with Gasteiger partial charge < -0.3 is 20.1 Å².